The first-order chi connectivity index (χ1) is 21.3. The molecule has 0 saturated heterocycles. The van der Waals surface area contributed by atoms with Crippen LogP contribution in [0.25, 0.3) is 0 Å². The zero-order valence-electron chi connectivity index (χ0n) is 28.7. The molecule has 3 aromatic rings. The standard InChI is InChI=1S/C37H52O7Si/c1-27(24-42-35(38)36(2,3)4)31(34(43-26-39-8)28-21-22-32(40-9)33(23-28)41-10)25-44-45(37(5,6)7,29-17-13-11-14-18-29)30-19-15-12-16-20-30/h11-23,27,31,34H,24-26H2,1-10H3/t27-,31+,34+/m1/s1. The van der Waals surface area contributed by atoms with Crippen LogP contribution in [0, 0.1) is 17.3 Å². The first kappa shape index (κ1) is 36.3. The Labute approximate surface area is 271 Å². The van der Waals surface area contributed by atoms with Gasteiger partial charge in [-0.3, -0.25) is 4.79 Å². The fourth-order valence-electron chi connectivity index (χ4n) is 5.72. The van der Waals surface area contributed by atoms with Crippen LogP contribution in [0.15, 0.2) is 78.9 Å². The van der Waals surface area contributed by atoms with Crippen molar-refractivity contribution in [2.45, 2.75) is 59.6 Å². The Kier molecular flexibility index (Phi) is 12.8. The molecule has 3 rings (SSSR count). The van der Waals surface area contributed by atoms with Gasteiger partial charge in [0, 0.05) is 19.6 Å². The lowest BCUT2D eigenvalue weighted by Crippen LogP contribution is -2.67. The van der Waals surface area contributed by atoms with E-state index in [1.54, 1.807) is 21.3 Å². The Hall–Kier alpha value is -3.17. The lowest BCUT2D eigenvalue weighted by Gasteiger charge is -2.45. The van der Waals surface area contributed by atoms with Crippen LogP contribution in [-0.2, 0) is 23.4 Å². The zero-order chi connectivity index (χ0) is 33.3. The van der Waals surface area contributed by atoms with E-state index in [0.29, 0.717) is 18.1 Å². The molecule has 7 nitrogen and oxygen atoms in total. The Morgan fingerprint density at radius 3 is 1.78 bits per heavy atom. The molecule has 0 aliphatic rings. The summed E-state index contributed by atoms with van der Waals surface area (Å²) in [6.45, 7) is 15.1. The number of hydrogen-bond donors (Lipinski definition) is 0. The van der Waals surface area contributed by atoms with Crippen LogP contribution < -0.4 is 19.8 Å². The molecule has 246 valence electrons. The van der Waals surface area contributed by atoms with E-state index >= 15 is 0 Å². The third-order valence-corrected chi connectivity index (χ3v) is 13.2. The van der Waals surface area contributed by atoms with E-state index in [1.165, 1.54) is 10.4 Å². The first-order valence-electron chi connectivity index (χ1n) is 15.5. The normalized spacial score (nSPS) is 14.4. The molecular weight excluding hydrogens is 584 g/mol. The first-order valence-corrected chi connectivity index (χ1v) is 17.5. The molecule has 3 aromatic carbocycles. The summed E-state index contributed by atoms with van der Waals surface area (Å²) in [5.41, 5.74) is 0.269. The molecule has 0 radical (unpaired) electrons. The number of rotatable bonds is 15. The summed E-state index contributed by atoms with van der Waals surface area (Å²) in [7, 11) is 1.95. The predicted molar refractivity (Wildman–Crippen MR) is 182 cm³/mol. The Bertz CT molecular complexity index is 1290. The minimum absolute atomic E-state index is 0.0726. The van der Waals surface area contributed by atoms with Gasteiger partial charge >= 0.3 is 5.97 Å². The molecule has 0 aliphatic carbocycles. The third-order valence-electron chi connectivity index (χ3n) is 8.22. The summed E-state index contributed by atoms with van der Waals surface area (Å²) < 4.78 is 36.3. The number of benzene rings is 3. The average molecular weight is 637 g/mol. The van der Waals surface area contributed by atoms with Crippen molar-refractivity contribution in [3.63, 3.8) is 0 Å². The van der Waals surface area contributed by atoms with Gasteiger partial charge < -0.3 is 28.1 Å². The third kappa shape index (κ3) is 8.76. The predicted octanol–water partition coefficient (Wildman–Crippen LogP) is 6.78. The number of carbonyl (C=O) groups excluding carboxylic acids is 1. The minimum atomic E-state index is -2.88. The molecular formula is C37H52O7Si. The van der Waals surface area contributed by atoms with Crippen molar-refractivity contribution in [3.05, 3.63) is 84.4 Å². The average Bonchev–Trinajstić information content (AvgIpc) is 3.02. The van der Waals surface area contributed by atoms with Crippen molar-refractivity contribution in [2.75, 3.05) is 41.3 Å². The highest BCUT2D eigenvalue weighted by molar-refractivity contribution is 6.99. The van der Waals surface area contributed by atoms with Gasteiger partial charge in [-0.2, -0.15) is 0 Å². The summed E-state index contributed by atoms with van der Waals surface area (Å²) in [5, 5.41) is 2.17. The second-order valence-electron chi connectivity index (χ2n) is 13.6. The maximum Gasteiger partial charge on any atom is 0.311 e. The number of methoxy groups -OCH3 is 3. The molecule has 45 heavy (non-hydrogen) atoms. The highest BCUT2D eigenvalue weighted by Gasteiger charge is 2.51. The van der Waals surface area contributed by atoms with Crippen LogP contribution in [0.3, 0.4) is 0 Å². The van der Waals surface area contributed by atoms with E-state index in [1.807, 2.05) is 51.1 Å². The van der Waals surface area contributed by atoms with Gasteiger partial charge in [0.1, 0.15) is 6.79 Å². The van der Waals surface area contributed by atoms with Crippen LogP contribution in [-0.4, -0.2) is 55.6 Å². The lowest BCUT2D eigenvalue weighted by molar-refractivity contribution is -0.157. The van der Waals surface area contributed by atoms with Crippen molar-refractivity contribution in [3.8, 4) is 11.5 Å². The van der Waals surface area contributed by atoms with Gasteiger partial charge in [-0.25, -0.2) is 0 Å². The van der Waals surface area contributed by atoms with Crippen LogP contribution in [0.1, 0.15) is 60.1 Å². The molecule has 0 bridgehead atoms. The quantitative estimate of drug-likeness (QED) is 0.103. The fraction of sp³-hybridized carbons (Fsp3) is 0.486. The van der Waals surface area contributed by atoms with E-state index in [0.717, 1.165) is 5.56 Å². The summed E-state index contributed by atoms with van der Waals surface area (Å²) in [6, 6.07) is 26.9. The van der Waals surface area contributed by atoms with Gasteiger partial charge in [0.2, 0.25) is 0 Å². The molecule has 0 amide bonds. The molecule has 0 N–H and O–H groups in total. The summed E-state index contributed by atoms with van der Waals surface area (Å²) in [5.74, 6) is 0.608. The van der Waals surface area contributed by atoms with E-state index < -0.39 is 19.8 Å². The lowest BCUT2D eigenvalue weighted by atomic mass is 9.86. The largest absolute Gasteiger partial charge is 0.493 e. The Morgan fingerprint density at radius 2 is 1.31 bits per heavy atom. The van der Waals surface area contributed by atoms with Gasteiger partial charge in [-0.15, -0.1) is 0 Å². The molecule has 0 fully saturated rings. The van der Waals surface area contributed by atoms with Crippen LogP contribution >= 0.6 is 0 Å². The molecule has 3 atom stereocenters. The summed E-state index contributed by atoms with van der Waals surface area (Å²) in [6.07, 6.45) is -0.466. The Morgan fingerprint density at radius 1 is 0.756 bits per heavy atom. The summed E-state index contributed by atoms with van der Waals surface area (Å²) >= 11 is 0. The van der Waals surface area contributed by atoms with Gasteiger partial charge in [-0.1, -0.05) is 94.4 Å². The number of esters is 1. The number of ether oxygens (including phenoxy) is 5. The number of hydrogen-bond acceptors (Lipinski definition) is 7. The molecule has 0 saturated carbocycles. The second kappa shape index (κ2) is 15.9. The maximum absolute atomic E-state index is 12.8. The molecule has 0 aliphatic heterocycles. The van der Waals surface area contributed by atoms with Crippen molar-refractivity contribution in [2.24, 2.45) is 17.3 Å². The maximum atomic E-state index is 12.8. The fourth-order valence-corrected chi connectivity index (χ4v) is 10.3. The molecule has 0 heterocycles. The van der Waals surface area contributed by atoms with Gasteiger partial charge in [0.05, 0.1) is 32.3 Å². The van der Waals surface area contributed by atoms with Crippen LogP contribution in [0.2, 0.25) is 5.04 Å². The van der Waals surface area contributed by atoms with Gasteiger partial charge in [0.15, 0.2) is 11.5 Å². The van der Waals surface area contributed by atoms with Crippen molar-refractivity contribution < 1.29 is 32.9 Å². The molecule has 0 unspecified atom stereocenters. The second-order valence-corrected chi connectivity index (χ2v) is 17.9. The van der Waals surface area contributed by atoms with E-state index in [-0.39, 0.29) is 36.2 Å². The smallest absolute Gasteiger partial charge is 0.311 e. The van der Waals surface area contributed by atoms with Gasteiger partial charge in [0.25, 0.3) is 8.32 Å². The number of carbonyl (C=O) groups is 1. The van der Waals surface area contributed by atoms with E-state index in [4.69, 9.17) is 28.1 Å². The van der Waals surface area contributed by atoms with E-state index in [2.05, 4.69) is 76.2 Å². The van der Waals surface area contributed by atoms with E-state index in [9.17, 15) is 4.79 Å². The summed E-state index contributed by atoms with van der Waals surface area (Å²) in [4.78, 5) is 12.8. The zero-order valence-corrected chi connectivity index (χ0v) is 29.7. The van der Waals surface area contributed by atoms with Crippen molar-refractivity contribution in [1.82, 2.24) is 0 Å². The highest BCUT2D eigenvalue weighted by atomic mass is 28.4. The topological polar surface area (TPSA) is 72.5 Å². The van der Waals surface area contributed by atoms with Crippen LogP contribution in [0.5, 0.6) is 11.5 Å². The Balaban J connectivity index is 2.16. The molecule has 0 spiro atoms. The minimum Gasteiger partial charge on any atom is -0.493 e. The monoisotopic (exact) mass is 636 g/mol. The SMILES string of the molecule is COCO[C@@H](c1ccc(OC)c(OC)c1)[C@@H](CO[Si](c1ccccc1)(c1ccccc1)C(C)(C)C)[C@H](C)COC(=O)C(C)(C)C. The molecule has 0 aromatic heterocycles. The van der Waals surface area contributed by atoms with Gasteiger partial charge in [-0.05, 0) is 59.8 Å². The van der Waals surface area contributed by atoms with Crippen LogP contribution in [0.4, 0.5) is 0 Å². The van der Waals surface area contributed by atoms with Crippen molar-refractivity contribution >= 4 is 24.7 Å². The highest BCUT2D eigenvalue weighted by Crippen LogP contribution is 2.41. The van der Waals surface area contributed by atoms with Crippen molar-refractivity contribution in [1.29, 1.82) is 0 Å². The molecule has 8 heteroatoms.